The van der Waals surface area contributed by atoms with Crippen LogP contribution in [0.1, 0.15) is 47.8 Å². The quantitative estimate of drug-likeness (QED) is 0.370. The van der Waals surface area contributed by atoms with Crippen LogP contribution < -0.4 is 4.74 Å². The molecular formula is C28H27F3O6. The van der Waals surface area contributed by atoms with Crippen LogP contribution in [0.25, 0.3) is 11.1 Å². The summed E-state index contributed by atoms with van der Waals surface area (Å²) in [5.74, 6) is -2.24. The summed E-state index contributed by atoms with van der Waals surface area (Å²) < 4.78 is 55.6. The van der Waals surface area contributed by atoms with E-state index in [-0.39, 0.29) is 24.6 Å². The summed E-state index contributed by atoms with van der Waals surface area (Å²) in [7, 11) is 1.33. The first-order chi connectivity index (χ1) is 17.3. The van der Waals surface area contributed by atoms with Gasteiger partial charge in [0, 0.05) is 5.56 Å². The number of carbonyl (C=O) groups excluding carboxylic acids is 2. The molecule has 0 unspecified atom stereocenters. The minimum atomic E-state index is -4.86. The van der Waals surface area contributed by atoms with Crippen molar-refractivity contribution in [3.8, 4) is 22.6 Å². The average molecular weight is 517 g/mol. The molecule has 37 heavy (non-hydrogen) atoms. The van der Waals surface area contributed by atoms with Gasteiger partial charge in [-0.05, 0) is 55.7 Å². The standard InChI is InChI=1S/C28H27F3O6/c1-27(2,3)37-26(34)24-20(10-13-22(25(24)33)28(29,30)31)16-36-21-11-8-18(9-12-21)19-7-5-6-17(14-19)15-23(32)35-4/h5-14,33H,15-16H2,1-4H3. The summed E-state index contributed by atoms with van der Waals surface area (Å²) in [5, 5.41) is 10.3. The Labute approximate surface area is 212 Å². The number of methoxy groups -OCH3 is 1. The Morgan fingerprint density at radius 1 is 0.919 bits per heavy atom. The lowest BCUT2D eigenvalue weighted by Crippen LogP contribution is -2.25. The van der Waals surface area contributed by atoms with Crippen LogP contribution >= 0.6 is 0 Å². The molecule has 0 aliphatic rings. The maximum Gasteiger partial charge on any atom is 0.419 e. The van der Waals surface area contributed by atoms with Gasteiger partial charge in [-0.3, -0.25) is 4.79 Å². The lowest BCUT2D eigenvalue weighted by Gasteiger charge is -2.22. The Kier molecular flexibility index (Phi) is 8.15. The fraction of sp³-hybridized carbons (Fsp3) is 0.286. The molecule has 0 spiro atoms. The maximum atomic E-state index is 13.3. The maximum absolute atomic E-state index is 13.3. The number of phenols is 1. The Balaban J connectivity index is 1.82. The molecule has 0 heterocycles. The monoisotopic (exact) mass is 516 g/mol. The fourth-order valence-electron chi connectivity index (χ4n) is 3.54. The second-order valence-electron chi connectivity index (χ2n) is 9.26. The van der Waals surface area contributed by atoms with Crippen molar-refractivity contribution in [3.05, 3.63) is 82.9 Å². The number of hydrogen-bond acceptors (Lipinski definition) is 6. The molecule has 0 aliphatic heterocycles. The Bertz CT molecular complexity index is 1270. The van der Waals surface area contributed by atoms with E-state index < -0.39 is 34.6 Å². The number of ether oxygens (including phenoxy) is 3. The van der Waals surface area contributed by atoms with Crippen LogP contribution in [0, 0.1) is 0 Å². The molecule has 3 aromatic rings. The van der Waals surface area contributed by atoms with Crippen LogP contribution in [-0.4, -0.2) is 29.8 Å². The van der Waals surface area contributed by atoms with Crippen molar-refractivity contribution in [1.82, 2.24) is 0 Å². The molecule has 0 bridgehead atoms. The number of aromatic hydroxyl groups is 1. The van der Waals surface area contributed by atoms with Gasteiger partial charge in [-0.1, -0.05) is 42.5 Å². The van der Waals surface area contributed by atoms with Gasteiger partial charge >= 0.3 is 18.1 Å². The Morgan fingerprint density at radius 2 is 1.59 bits per heavy atom. The Hall–Kier alpha value is -4.01. The van der Waals surface area contributed by atoms with E-state index in [0.29, 0.717) is 11.8 Å². The molecule has 9 heteroatoms. The molecule has 0 atom stereocenters. The molecule has 1 N–H and O–H groups in total. The zero-order valence-corrected chi connectivity index (χ0v) is 20.8. The van der Waals surface area contributed by atoms with Crippen molar-refractivity contribution >= 4 is 11.9 Å². The first kappa shape index (κ1) is 27.6. The molecule has 0 saturated carbocycles. The normalized spacial score (nSPS) is 11.6. The first-order valence-corrected chi connectivity index (χ1v) is 11.3. The molecular weight excluding hydrogens is 489 g/mol. The number of halogens is 3. The smallest absolute Gasteiger partial charge is 0.419 e. The van der Waals surface area contributed by atoms with Crippen molar-refractivity contribution in [2.45, 2.75) is 45.6 Å². The molecule has 6 nitrogen and oxygen atoms in total. The number of carbonyl (C=O) groups is 2. The van der Waals surface area contributed by atoms with Crippen molar-refractivity contribution in [1.29, 1.82) is 0 Å². The molecule has 3 rings (SSSR count). The predicted octanol–water partition coefficient (Wildman–Crippen LogP) is 6.33. The van der Waals surface area contributed by atoms with E-state index in [2.05, 4.69) is 0 Å². The van der Waals surface area contributed by atoms with Gasteiger partial charge in [0.1, 0.15) is 29.3 Å². The van der Waals surface area contributed by atoms with E-state index in [1.54, 1.807) is 45.0 Å². The van der Waals surface area contributed by atoms with Crippen LogP contribution in [0.3, 0.4) is 0 Å². The van der Waals surface area contributed by atoms with E-state index >= 15 is 0 Å². The van der Waals surface area contributed by atoms with E-state index in [1.807, 2.05) is 24.3 Å². The van der Waals surface area contributed by atoms with Gasteiger partial charge in [-0.2, -0.15) is 13.2 Å². The molecule has 196 valence electrons. The number of benzene rings is 3. The predicted molar refractivity (Wildman–Crippen MR) is 130 cm³/mol. The molecule has 0 amide bonds. The molecule has 0 saturated heterocycles. The highest BCUT2D eigenvalue weighted by atomic mass is 19.4. The van der Waals surface area contributed by atoms with Gasteiger partial charge in [0.2, 0.25) is 0 Å². The summed E-state index contributed by atoms with van der Waals surface area (Å²) in [6.07, 6.45) is -4.71. The minimum Gasteiger partial charge on any atom is -0.506 e. The second-order valence-corrected chi connectivity index (χ2v) is 9.26. The zero-order chi connectivity index (χ0) is 27.4. The van der Waals surface area contributed by atoms with E-state index in [9.17, 15) is 27.9 Å². The largest absolute Gasteiger partial charge is 0.506 e. The van der Waals surface area contributed by atoms with Gasteiger partial charge in [0.25, 0.3) is 0 Å². The highest BCUT2D eigenvalue weighted by Gasteiger charge is 2.37. The highest BCUT2D eigenvalue weighted by molar-refractivity contribution is 5.95. The van der Waals surface area contributed by atoms with Crippen LogP contribution in [0.4, 0.5) is 13.2 Å². The summed E-state index contributed by atoms with van der Waals surface area (Å²) in [4.78, 5) is 24.2. The summed E-state index contributed by atoms with van der Waals surface area (Å²) in [5.41, 5.74) is -0.367. The lowest BCUT2D eigenvalue weighted by molar-refractivity contribution is -0.140. The number of rotatable bonds is 7. The van der Waals surface area contributed by atoms with Gasteiger partial charge in [-0.15, -0.1) is 0 Å². The number of alkyl halides is 3. The summed E-state index contributed by atoms with van der Waals surface area (Å²) in [6.45, 7) is 4.42. The van der Waals surface area contributed by atoms with E-state index in [4.69, 9.17) is 14.2 Å². The van der Waals surface area contributed by atoms with Crippen molar-refractivity contribution < 1.29 is 42.1 Å². The van der Waals surface area contributed by atoms with Gasteiger partial charge in [0.05, 0.1) is 19.1 Å². The van der Waals surface area contributed by atoms with Crippen LogP contribution in [0.15, 0.2) is 60.7 Å². The molecule has 0 radical (unpaired) electrons. The fourth-order valence-corrected chi connectivity index (χ4v) is 3.54. The zero-order valence-electron chi connectivity index (χ0n) is 20.8. The number of esters is 2. The summed E-state index contributed by atoms with van der Waals surface area (Å²) >= 11 is 0. The third kappa shape index (κ3) is 7.25. The van der Waals surface area contributed by atoms with E-state index in [1.165, 1.54) is 7.11 Å². The third-order valence-electron chi connectivity index (χ3n) is 5.26. The highest BCUT2D eigenvalue weighted by Crippen LogP contribution is 2.39. The van der Waals surface area contributed by atoms with Crippen molar-refractivity contribution in [3.63, 3.8) is 0 Å². The Morgan fingerprint density at radius 3 is 2.19 bits per heavy atom. The lowest BCUT2D eigenvalue weighted by atomic mass is 10.0. The average Bonchev–Trinajstić information content (AvgIpc) is 2.81. The first-order valence-electron chi connectivity index (χ1n) is 11.3. The number of hydrogen-bond donors (Lipinski definition) is 1. The third-order valence-corrected chi connectivity index (χ3v) is 5.26. The molecule has 3 aromatic carbocycles. The topological polar surface area (TPSA) is 82.1 Å². The van der Waals surface area contributed by atoms with Crippen LogP contribution in [0.2, 0.25) is 0 Å². The van der Waals surface area contributed by atoms with Gasteiger partial charge < -0.3 is 19.3 Å². The SMILES string of the molecule is COC(=O)Cc1cccc(-c2ccc(OCc3ccc(C(F)(F)F)c(O)c3C(=O)OC(C)(C)C)cc2)c1. The van der Waals surface area contributed by atoms with Gasteiger partial charge in [0.15, 0.2) is 0 Å². The van der Waals surface area contributed by atoms with Gasteiger partial charge in [-0.25, -0.2) is 4.79 Å². The molecule has 0 aromatic heterocycles. The van der Waals surface area contributed by atoms with Crippen LogP contribution in [-0.2, 0) is 33.5 Å². The molecule has 0 fully saturated rings. The number of phenolic OH excluding ortho intramolecular Hbond substituents is 1. The molecule has 0 aliphatic carbocycles. The second kappa shape index (κ2) is 10.9. The van der Waals surface area contributed by atoms with Crippen molar-refractivity contribution in [2.75, 3.05) is 7.11 Å². The minimum absolute atomic E-state index is 0.0411. The van der Waals surface area contributed by atoms with E-state index in [0.717, 1.165) is 22.8 Å². The summed E-state index contributed by atoms with van der Waals surface area (Å²) in [6, 6.07) is 16.1. The van der Waals surface area contributed by atoms with Crippen LogP contribution in [0.5, 0.6) is 11.5 Å². The van der Waals surface area contributed by atoms with Crippen molar-refractivity contribution in [2.24, 2.45) is 0 Å².